The maximum atomic E-state index is 4.69. The Bertz CT molecular complexity index is 741. The number of fused-ring (bicyclic) bond motifs is 1. The zero-order valence-electron chi connectivity index (χ0n) is 11.4. The first-order valence-corrected chi connectivity index (χ1v) is 6.41. The molecule has 2 aromatic heterocycles. The quantitative estimate of drug-likeness (QED) is 0.753. The summed E-state index contributed by atoms with van der Waals surface area (Å²) in [6, 6.07) is 10.6. The third kappa shape index (κ3) is 2.08. The number of aryl methyl sites for hydroxylation is 2. The second-order valence-electron chi connectivity index (χ2n) is 4.86. The molecule has 0 aliphatic rings. The molecule has 0 amide bonds. The van der Waals surface area contributed by atoms with Crippen molar-refractivity contribution in [3.8, 4) is 11.3 Å². The van der Waals surface area contributed by atoms with Gasteiger partial charge in [-0.3, -0.25) is 0 Å². The first-order valence-electron chi connectivity index (χ1n) is 6.41. The Hall–Kier alpha value is -2.29. The number of nitrogens with zero attached hydrogens (tertiary/aromatic N) is 2. The highest BCUT2D eigenvalue weighted by Gasteiger charge is 2.05. The van der Waals surface area contributed by atoms with Crippen molar-refractivity contribution in [2.24, 2.45) is 0 Å². The van der Waals surface area contributed by atoms with E-state index in [1.807, 2.05) is 29.8 Å². The Morgan fingerprint density at radius 3 is 2.63 bits per heavy atom. The van der Waals surface area contributed by atoms with E-state index in [0.29, 0.717) is 0 Å². The average Bonchev–Trinajstić information content (AvgIpc) is 2.84. The lowest BCUT2D eigenvalue weighted by Gasteiger charge is -2.01. The number of aromatic nitrogens is 2. The molecule has 19 heavy (non-hydrogen) atoms. The van der Waals surface area contributed by atoms with E-state index in [9.17, 15) is 0 Å². The summed E-state index contributed by atoms with van der Waals surface area (Å²) in [6.45, 7) is 4.26. The van der Waals surface area contributed by atoms with Gasteiger partial charge in [0.2, 0.25) is 0 Å². The Kier molecular flexibility index (Phi) is 2.75. The summed E-state index contributed by atoms with van der Waals surface area (Å²) < 4.78 is 2.05. The Morgan fingerprint density at radius 2 is 1.89 bits per heavy atom. The van der Waals surface area contributed by atoms with Crippen LogP contribution in [-0.2, 0) is 0 Å². The van der Waals surface area contributed by atoms with Gasteiger partial charge in [-0.2, -0.15) is 0 Å². The molecule has 0 bridgehead atoms. The fourth-order valence-corrected chi connectivity index (χ4v) is 2.18. The van der Waals surface area contributed by atoms with Crippen molar-refractivity contribution in [1.82, 2.24) is 9.38 Å². The van der Waals surface area contributed by atoms with Crippen LogP contribution < -0.4 is 5.32 Å². The zero-order valence-corrected chi connectivity index (χ0v) is 11.4. The van der Waals surface area contributed by atoms with Crippen LogP contribution >= 0.6 is 0 Å². The van der Waals surface area contributed by atoms with Gasteiger partial charge in [-0.05, 0) is 37.1 Å². The van der Waals surface area contributed by atoms with Gasteiger partial charge in [0.25, 0.3) is 0 Å². The maximum Gasteiger partial charge on any atom is 0.139 e. The molecule has 1 N–H and O–H groups in total. The third-order valence-corrected chi connectivity index (χ3v) is 3.55. The zero-order chi connectivity index (χ0) is 13.4. The van der Waals surface area contributed by atoms with Gasteiger partial charge in [0, 0.05) is 36.8 Å². The van der Waals surface area contributed by atoms with E-state index in [-0.39, 0.29) is 0 Å². The van der Waals surface area contributed by atoms with Gasteiger partial charge in [0.15, 0.2) is 0 Å². The predicted octanol–water partition coefficient (Wildman–Crippen LogP) is 3.66. The number of hydrogen-bond acceptors (Lipinski definition) is 2. The van der Waals surface area contributed by atoms with Crippen molar-refractivity contribution in [1.29, 1.82) is 0 Å². The number of pyridine rings is 1. The molecule has 0 spiro atoms. The van der Waals surface area contributed by atoms with Crippen molar-refractivity contribution >= 4 is 11.3 Å². The second kappa shape index (κ2) is 4.43. The Balaban J connectivity index is 2.11. The minimum Gasteiger partial charge on any atom is -0.388 e. The van der Waals surface area contributed by atoms with Gasteiger partial charge in [-0.15, -0.1) is 0 Å². The second-order valence-corrected chi connectivity index (χ2v) is 4.86. The molecule has 96 valence electrons. The largest absolute Gasteiger partial charge is 0.388 e. The summed E-state index contributed by atoms with van der Waals surface area (Å²) in [4.78, 5) is 4.69. The lowest BCUT2D eigenvalue weighted by Crippen LogP contribution is -1.89. The van der Waals surface area contributed by atoms with Crippen LogP contribution in [0.25, 0.3) is 16.9 Å². The van der Waals surface area contributed by atoms with Crippen LogP contribution in [0.1, 0.15) is 11.1 Å². The van der Waals surface area contributed by atoms with E-state index in [4.69, 9.17) is 0 Å². The van der Waals surface area contributed by atoms with Crippen LogP contribution in [0.15, 0.2) is 42.7 Å². The molecule has 0 unspecified atom stereocenters. The number of imidazole rings is 1. The van der Waals surface area contributed by atoms with Gasteiger partial charge in [-0.25, -0.2) is 4.98 Å². The van der Waals surface area contributed by atoms with E-state index in [0.717, 1.165) is 22.6 Å². The van der Waals surface area contributed by atoms with E-state index < -0.39 is 0 Å². The van der Waals surface area contributed by atoms with Crippen LogP contribution in [0.2, 0.25) is 0 Å². The van der Waals surface area contributed by atoms with Crippen LogP contribution in [-0.4, -0.2) is 16.4 Å². The molecular formula is C16H17N3. The molecule has 3 rings (SSSR count). The van der Waals surface area contributed by atoms with Crippen LogP contribution in [0.4, 0.5) is 5.69 Å². The summed E-state index contributed by atoms with van der Waals surface area (Å²) in [5, 5.41) is 3.13. The molecule has 0 radical (unpaired) electrons. The number of anilines is 1. The summed E-state index contributed by atoms with van der Waals surface area (Å²) >= 11 is 0. The highest BCUT2D eigenvalue weighted by molar-refractivity contribution is 5.66. The molecule has 3 aromatic rings. The molecule has 0 atom stereocenters. The predicted molar refractivity (Wildman–Crippen MR) is 79.6 cm³/mol. The Labute approximate surface area is 112 Å². The molecule has 3 nitrogen and oxygen atoms in total. The molecule has 0 aliphatic carbocycles. The number of benzene rings is 1. The van der Waals surface area contributed by atoms with Crippen molar-refractivity contribution in [3.63, 3.8) is 0 Å². The third-order valence-electron chi connectivity index (χ3n) is 3.55. The van der Waals surface area contributed by atoms with Crippen LogP contribution in [0.3, 0.4) is 0 Å². The Morgan fingerprint density at radius 1 is 1.05 bits per heavy atom. The fourth-order valence-electron chi connectivity index (χ4n) is 2.18. The monoisotopic (exact) mass is 251 g/mol. The summed E-state index contributed by atoms with van der Waals surface area (Å²) in [6.07, 6.45) is 4.09. The summed E-state index contributed by atoms with van der Waals surface area (Å²) in [5.74, 6) is 0. The number of nitrogens with one attached hydrogen (secondary N) is 1. The lowest BCUT2D eigenvalue weighted by atomic mass is 10.1. The molecule has 0 fully saturated rings. The average molecular weight is 251 g/mol. The van der Waals surface area contributed by atoms with E-state index in [2.05, 4.69) is 48.5 Å². The van der Waals surface area contributed by atoms with Gasteiger partial charge in [0.1, 0.15) is 5.65 Å². The number of hydrogen-bond donors (Lipinski definition) is 1. The standard InChI is InChI=1S/C16H17N3/c1-11-4-5-13(8-12(11)2)15-10-19-7-6-14(17-3)9-16(19)18-15/h4-10,17H,1-3H3. The first-order chi connectivity index (χ1) is 9.17. The molecule has 0 aliphatic heterocycles. The molecule has 3 heteroatoms. The van der Waals surface area contributed by atoms with Gasteiger partial charge >= 0.3 is 0 Å². The topological polar surface area (TPSA) is 29.3 Å². The van der Waals surface area contributed by atoms with Crippen molar-refractivity contribution < 1.29 is 0 Å². The van der Waals surface area contributed by atoms with Gasteiger partial charge in [0.05, 0.1) is 5.69 Å². The summed E-state index contributed by atoms with van der Waals surface area (Å²) in [7, 11) is 1.92. The van der Waals surface area contributed by atoms with Gasteiger partial charge in [-0.1, -0.05) is 12.1 Å². The van der Waals surface area contributed by atoms with Crippen molar-refractivity contribution in [2.75, 3.05) is 12.4 Å². The SMILES string of the molecule is CNc1ccn2cc(-c3ccc(C)c(C)c3)nc2c1. The molecular weight excluding hydrogens is 234 g/mol. The molecule has 0 saturated heterocycles. The smallest absolute Gasteiger partial charge is 0.139 e. The normalized spacial score (nSPS) is 10.9. The van der Waals surface area contributed by atoms with E-state index in [1.165, 1.54) is 11.1 Å². The first kappa shape index (κ1) is 11.8. The van der Waals surface area contributed by atoms with Crippen molar-refractivity contribution in [3.05, 3.63) is 53.9 Å². The van der Waals surface area contributed by atoms with Crippen LogP contribution in [0, 0.1) is 13.8 Å². The van der Waals surface area contributed by atoms with Crippen LogP contribution in [0.5, 0.6) is 0 Å². The lowest BCUT2D eigenvalue weighted by molar-refractivity contribution is 1.18. The van der Waals surface area contributed by atoms with Gasteiger partial charge < -0.3 is 9.72 Å². The fraction of sp³-hybridized carbons (Fsp3) is 0.188. The summed E-state index contributed by atoms with van der Waals surface area (Å²) in [5.41, 5.74) is 6.81. The van der Waals surface area contributed by atoms with E-state index in [1.54, 1.807) is 0 Å². The molecule has 2 heterocycles. The highest BCUT2D eigenvalue weighted by Crippen LogP contribution is 2.22. The van der Waals surface area contributed by atoms with E-state index >= 15 is 0 Å². The molecule has 1 aromatic carbocycles. The minimum absolute atomic E-state index is 0.958. The maximum absolute atomic E-state index is 4.69. The van der Waals surface area contributed by atoms with Crippen molar-refractivity contribution in [2.45, 2.75) is 13.8 Å². The highest BCUT2D eigenvalue weighted by atomic mass is 15.0. The minimum atomic E-state index is 0.958. The molecule has 0 saturated carbocycles. The number of rotatable bonds is 2.